The number of rotatable bonds is 16. The van der Waals surface area contributed by atoms with Crippen molar-refractivity contribution in [1.82, 2.24) is 0 Å². The minimum absolute atomic E-state index is 0.262. The largest absolute Gasteiger partial charge is 0.389 e. The van der Waals surface area contributed by atoms with Crippen LogP contribution in [-0.2, 0) is 4.74 Å². The molecule has 2 nitrogen and oxygen atoms in total. The van der Waals surface area contributed by atoms with Gasteiger partial charge in [-0.15, -0.1) is 11.6 Å². The van der Waals surface area contributed by atoms with Crippen molar-refractivity contribution < 1.29 is 9.84 Å². The van der Waals surface area contributed by atoms with E-state index >= 15 is 0 Å². The monoisotopic (exact) mass is 306 g/mol. The molecule has 0 bridgehead atoms. The van der Waals surface area contributed by atoms with Gasteiger partial charge in [0.25, 0.3) is 0 Å². The summed E-state index contributed by atoms with van der Waals surface area (Å²) in [5.74, 6) is 0.262. The number of hydrogen-bond acceptors (Lipinski definition) is 2. The van der Waals surface area contributed by atoms with Gasteiger partial charge in [-0.05, 0) is 6.42 Å². The maximum atomic E-state index is 9.19. The van der Waals surface area contributed by atoms with E-state index in [1.165, 1.54) is 70.6 Å². The Balaban J connectivity index is 2.96. The number of ether oxygens (including phenoxy) is 1. The van der Waals surface area contributed by atoms with Crippen molar-refractivity contribution in [2.45, 2.75) is 90.1 Å². The summed E-state index contributed by atoms with van der Waals surface area (Å²) < 4.78 is 5.34. The van der Waals surface area contributed by atoms with Crippen molar-refractivity contribution >= 4 is 11.6 Å². The first-order valence-electron chi connectivity index (χ1n) is 8.63. The zero-order valence-corrected chi connectivity index (χ0v) is 14.2. The van der Waals surface area contributed by atoms with Crippen molar-refractivity contribution in [3.8, 4) is 0 Å². The molecule has 0 aromatic carbocycles. The average Bonchev–Trinajstić information content (AvgIpc) is 2.47. The number of halogens is 1. The minimum Gasteiger partial charge on any atom is -0.389 e. The predicted molar refractivity (Wildman–Crippen MR) is 88.6 cm³/mol. The lowest BCUT2D eigenvalue weighted by molar-refractivity contribution is 0.0461. The maximum Gasteiger partial charge on any atom is 0.0908 e. The van der Waals surface area contributed by atoms with Crippen molar-refractivity contribution in [1.29, 1.82) is 0 Å². The first kappa shape index (κ1) is 20.2. The van der Waals surface area contributed by atoms with E-state index in [1.54, 1.807) is 0 Å². The number of aliphatic hydroxyl groups excluding tert-OH is 1. The molecule has 0 amide bonds. The topological polar surface area (TPSA) is 29.5 Å². The summed E-state index contributed by atoms with van der Waals surface area (Å²) >= 11 is 5.48. The molecule has 0 aromatic rings. The second-order valence-corrected chi connectivity index (χ2v) is 6.08. The van der Waals surface area contributed by atoms with Gasteiger partial charge in [-0.3, -0.25) is 0 Å². The van der Waals surface area contributed by atoms with E-state index in [2.05, 4.69) is 6.92 Å². The van der Waals surface area contributed by atoms with Gasteiger partial charge in [-0.1, -0.05) is 77.6 Å². The van der Waals surface area contributed by atoms with E-state index < -0.39 is 6.10 Å². The maximum absolute atomic E-state index is 9.19. The molecule has 0 fully saturated rings. The summed E-state index contributed by atoms with van der Waals surface area (Å²) in [5.41, 5.74) is 0. The SMILES string of the molecule is CCCCCCCCCCCCCCOCC(O)CCl. The summed E-state index contributed by atoms with van der Waals surface area (Å²) in [7, 11) is 0. The quantitative estimate of drug-likeness (QED) is 0.309. The van der Waals surface area contributed by atoms with E-state index in [4.69, 9.17) is 16.3 Å². The highest BCUT2D eigenvalue weighted by Crippen LogP contribution is 2.11. The molecular weight excluding hydrogens is 272 g/mol. The van der Waals surface area contributed by atoms with Crippen molar-refractivity contribution in [3.63, 3.8) is 0 Å². The van der Waals surface area contributed by atoms with Gasteiger partial charge in [0.15, 0.2) is 0 Å². The molecule has 3 heteroatoms. The molecule has 1 N–H and O–H groups in total. The average molecular weight is 307 g/mol. The molecule has 0 rings (SSSR count). The highest BCUT2D eigenvalue weighted by Gasteiger charge is 2.00. The Hall–Kier alpha value is 0.210. The fourth-order valence-electron chi connectivity index (χ4n) is 2.31. The molecule has 0 radical (unpaired) electrons. The molecule has 0 spiro atoms. The van der Waals surface area contributed by atoms with Gasteiger partial charge in [0, 0.05) is 6.61 Å². The number of aliphatic hydroxyl groups is 1. The molecule has 1 unspecified atom stereocenters. The molecule has 1 atom stereocenters. The van der Waals surface area contributed by atoms with Crippen LogP contribution in [0.5, 0.6) is 0 Å². The molecule has 122 valence electrons. The Bertz CT molecular complexity index is 176. The van der Waals surface area contributed by atoms with Crippen LogP contribution in [0, 0.1) is 0 Å². The number of unbranched alkanes of at least 4 members (excludes halogenated alkanes) is 11. The van der Waals surface area contributed by atoms with Crippen LogP contribution < -0.4 is 0 Å². The highest BCUT2D eigenvalue weighted by atomic mass is 35.5. The minimum atomic E-state index is -0.506. The standard InChI is InChI=1S/C17H35ClO2/c1-2-3-4-5-6-7-8-9-10-11-12-13-14-20-16-17(19)15-18/h17,19H,2-16H2,1H3. The number of hydrogen-bond donors (Lipinski definition) is 1. The first-order valence-corrected chi connectivity index (χ1v) is 9.16. The van der Waals surface area contributed by atoms with Crippen LogP contribution in [-0.4, -0.2) is 30.3 Å². The molecular formula is C17H35ClO2. The summed E-state index contributed by atoms with van der Waals surface area (Å²) in [4.78, 5) is 0. The van der Waals surface area contributed by atoms with Crippen molar-refractivity contribution in [3.05, 3.63) is 0 Å². The summed E-state index contributed by atoms with van der Waals surface area (Å²) in [6.45, 7) is 3.40. The zero-order chi connectivity index (χ0) is 14.9. The third kappa shape index (κ3) is 16.3. The van der Waals surface area contributed by atoms with Crippen LogP contribution in [0.2, 0.25) is 0 Å². The normalized spacial score (nSPS) is 12.8. The van der Waals surface area contributed by atoms with Gasteiger partial charge in [0.05, 0.1) is 18.6 Å². The van der Waals surface area contributed by atoms with Gasteiger partial charge in [-0.2, -0.15) is 0 Å². The van der Waals surface area contributed by atoms with Crippen LogP contribution in [0.25, 0.3) is 0 Å². The molecule has 0 saturated heterocycles. The van der Waals surface area contributed by atoms with Gasteiger partial charge in [0.2, 0.25) is 0 Å². The lowest BCUT2D eigenvalue weighted by Crippen LogP contribution is -2.17. The Morgan fingerprint density at radius 2 is 1.25 bits per heavy atom. The second-order valence-electron chi connectivity index (χ2n) is 5.77. The van der Waals surface area contributed by atoms with Crippen LogP contribution in [0.4, 0.5) is 0 Å². The number of alkyl halides is 1. The molecule has 0 saturated carbocycles. The Kier molecular flexibility index (Phi) is 17.4. The molecule has 0 aliphatic rings. The van der Waals surface area contributed by atoms with Gasteiger partial charge in [-0.25, -0.2) is 0 Å². The molecule has 0 aromatic heterocycles. The van der Waals surface area contributed by atoms with E-state index in [0.717, 1.165) is 13.0 Å². The fraction of sp³-hybridized carbons (Fsp3) is 1.00. The Morgan fingerprint density at radius 3 is 1.70 bits per heavy atom. The lowest BCUT2D eigenvalue weighted by atomic mass is 10.1. The summed E-state index contributed by atoms with van der Waals surface area (Å²) in [6, 6.07) is 0. The van der Waals surface area contributed by atoms with E-state index in [0.29, 0.717) is 6.61 Å². The molecule has 20 heavy (non-hydrogen) atoms. The zero-order valence-electron chi connectivity index (χ0n) is 13.4. The summed E-state index contributed by atoms with van der Waals surface area (Å²) in [6.07, 6.45) is 15.8. The third-order valence-corrected chi connectivity index (χ3v) is 3.99. The van der Waals surface area contributed by atoms with Crippen molar-refractivity contribution in [2.24, 2.45) is 0 Å². The fourth-order valence-corrected chi connectivity index (χ4v) is 2.40. The van der Waals surface area contributed by atoms with Gasteiger partial charge in [0.1, 0.15) is 0 Å². The van der Waals surface area contributed by atoms with Crippen LogP contribution >= 0.6 is 11.6 Å². The van der Waals surface area contributed by atoms with Crippen molar-refractivity contribution in [2.75, 3.05) is 19.1 Å². The predicted octanol–water partition coefficient (Wildman–Crippen LogP) is 5.30. The van der Waals surface area contributed by atoms with E-state index in [9.17, 15) is 5.11 Å². The molecule has 0 aliphatic carbocycles. The summed E-state index contributed by atoms with van der Waals surface area (Å²) in [5, 5.41) is 9.19. The highest BCUT2D eigenvalue weighted by molar-refractivity contribution is 6.18. The third-order valence-electron chi connectivity index (χ3n) is 3.63. The van der Waals surface area contributed by atoms with Crippen LogP contribution in [0.3, 0.4) is 0 Å². The molecule has 0 heterocycles. The molecule has 0 aliphatic heterocycles. The smallest absolute Gasteiger partial charge is 0.0908 e. The van der Waals surface area contributed by atoms with Crippen LogP contribution in [0.1, 0.15) is 84.0 Å². The van der Waals surface area contributed by atoms with E-state index in [-0.39, 0.29) is 5.88 Å². The van der Waals surface area contributed by atoms with Crippen LogP contribution in [0.15, 0.2) is 0 Å². The second kappa shape index (κ2) is 17.3. The van der Waals surface area contributed by atoms with E-state index in [1.807, 2.05) is 0 Å². The van der Waals surface area contributed by atoms with Gasteiger partial charge < -0.3 is 9.84 Å². The first-order chi connectivity index (χ1) is 9.81. The Labute approximate surface area is 131 Å². The Morgan fingerprint density at radius 1 is 0.800 bits per heavy atom. The lowest BCUT2D eigenvalue weighted by Gasteiger charge is -2.07. The van der Waals surface area contributed by atoms with Gasteiger partial charge >= 0.3 is 0 Å².